The molecule has 2 aromatic carbocycles. The molecule has 2 heterocycles. The summed E-state index contributed by atoms with van der Waals surface area (Å²) in [5, 5.41) is 22.3. The summed E-state index contributed by atoms with van der Waals surface area (Å²) in [5.41, 5.74) is 1.94. The third-order valence-electron chi connectivity index (χ3n) is 8.17. The van der Waals surface area contributed by atoms with E-state index in [1.807, 2.05) is 44.2 Å². The Kier molecular flexibility index (Phi) is 11.8. The van der Waals surface area contributed by atoms with E-state index in [2.05, 4.69) is 15.0 Å². The lowest BCUT2D eigenvalue weighted by molar-refractivity contribution is -0.161. The molecule has 0 aliphatic carbocycles. The van der Waals surface area contributed by atoms with Gasteiger partial charge < -0.3 is 20.3 Å². The summed E-state index contributed by atoms with van der Waals surface area (Å²) in [6.45, 7) is 3.97. The zero-order chi connectivity index (χ0) is 34.0. The van der Waals surface area contributed by atoms with Crippen molar-refractivity contribution in [2.24, 2.45) is 0 Å². The molecule has 0 unspecified atom stereocenters. The number of aliphatic hydroxyl groups is 1. The van der Waals surface area contributed by atoms with E-state index in [1.165, 1.54) is 18.3 Å². The lowest BCUT2D eigenvalue weighted by Gasteiger charge is -2.38. The van der Waals surface area contributed by atoms with Gasteiger partial charge in [-0.25, -0.2) is 9.78 Å². The van der Waals surface area contributed by atoms with Crippen LogP contribution >= 0.6 is 0 Å². The van der Waals surface area contributed by atoms with Crippen LogP contribution in [0.3, 0.4) is 0 Å². The van der Waals surface area contributed by atoms with E-state index in [-0.39, 0.29) is 47.9 Å². The molecule has 250 valence electrons. The number of esters is 1. The predicted octanol–water partition coefficient (Wildman–Crippen LogP) is 5.79. The Morgan fingerprint density at radius 2 is 1.77 bits per heavy atom. The number of carbonyl (C=O) groups is 3. The summed E-state index contributed by atoms with van der Waals surface area (Å²) in [4.78, 5) is 40.0. The van der Waals surface area contributed by atoms with Gasteiger partial charge in [0.25, 0.3) is 10.0 Å². The van der Waals surface area contributed by atoms with Crippen LogP contribution in [0.2, 0.25) is 0 Å². The first-order valence-corrected chi connectivity index (χ1v) is 17.2. The molecule has 4 N–H and O–H groups in total. The average molecular weight is 664 g/mol. The van der Waals surface area contributed by atoms with Crippen molar-refractivity contribution in [3.63, 3.8) is 0 Å². The van der Waals surface area contributed by atoms with Gasteiger partial charge in [0, 0.05) is 37.2 Å². The van der Waals surface area contributed by atoms with E-state index in [1.54, 1.807) is 24.3 Å². The molecule has 0 saturated carbocycles. The minimum Gasteiger partial charge on any atom is -0.512 e. The molecule has 4 rings (SSSR count). The van der Waals surface area contributed by atoms with Crippen LogP contribution in [-0.2, 0) is 42.1 Å². The van der Waals surface area contributed by atoms with E-state index >= 15 is 0 Å². The number of benzene rings is 2. The molecular weight excluding hydrogens is 622 g/mol. The fourth-order valence-corrected chi connectivity index (χ4v) is 6.82. The summed E-state index contributed by atoms with van der Waals surface area (Å²) < 4.78 is 35.0. The summed E-state index contributed by atoms with van der Waals surface area (Å²) in [7, 11) is -4.09. The number of carboxylic acids is 1. The van der Waals surface area contributed by atoms with Crippen LogP contribution in [0.4, 0.5) is 5.69 Å². The summed E-state index contributed by atoms with van der Waals surface area (Å²) >= 11 is 0. The number of anilines is 1. The molecule has 3 aromatic rings. The SMILES string of the molecule is CCC[C@@]1(CCc2ccccc2)CC(O)=C([C@@H](CC)c2cccc(NS(=O)(=O)c3ccc(CNC(=O)CCC(=O)O)cn3)c2)C(=O)O1. The number of cyclic esters (lactones) is 1. The van der Waals surface area contributed by atoms with E-state index in [0.29, 0.717) is 36.8 Å². The monoisotopic (exact) mass is 663 g/mol. The fraction of sp³-hybridized carbons (Fsp3) is 0.371. The third kappa shape index (κ3) is 9.41. The van der Waals surface area contributed by atoms with Crippen molar-refractivity contribution in [1.82, 2.24) is 10.3 Å². The first-order valence-electron chi connectivity index (χ1n) is 15.7. The lowest BCUT2D eigenvalue weighted by atomic mass is 9.80. The van der Waals surface area contributed by atoms with Crippen LogP contribution in [0, 0.1) is 0 Å². The first-order chi connectivity index (χ1) is 22.4. The number of carbonyl (C=O) groups excluding carboxylic acids is 2. The van der Waals surface area contributed by atoms with Crippen molar-refractivity contribution >= 4 is 33.6 Å². The van der Waals surface area contributed by atoms with Gasteiger partial charge in [-0.15, -0.1) is 0 Å². The highest BCUT2D eigenvalue weighted by molar-refractivity contribution is 7.92. The number of rotatable bonds is 16. The van der Waals surface area contributed by atoms with E-state index < -0.39 is 39.4 Å². The number of aliphatic carboxylic acids is 1. The molecule has 0 fully saturated rings. The van der Waals surface area contributed by atoms with Crippen LogP contribution in [0.25, 0.3) is 0 Å². The van der Waals surface area contributed by atoms with Gasteiger partial charge in [-0.2, -0.15) is 8.42 Å². The Bertz CT molecular complexity index is 1710. The van der Waals surface area contributed by atoms with Crippen LogP contribution in [-0.4, -0.2) is 47.1 Å². The smallest absolute Gasteiger partial charge is 0.338 e. The Morgan fingerprint density at radius 3 is 2.40 bits per heavy atom. The largest absolute Gasteiger partial charge is 0.512 e. The molecule has 0 spiro atoms. The van der Waals surface area contributed by atoms with Crippen LogP contribution in [0.5, 0.6) is 0 Å². The first kappa shape index (κ1) is 35.1. The van der Waals surface area contributed by atoms with E-state index in [9.17, 15) is 27.9 Å². The van der Waals surface area contributed by atoms with Crippen molar-refractivity contribution < 1.29 is 37.8 Å². The van der Waals surface area contributed by atoms with Gasteiger partial charge >= 0.3 is 11.9 Å². The quantitative estimate of drug-likeness (QED) is 0.139. The summed E-state index contributed by atoms with van der Waals surface area (Å²) in [6.07, 6.45) is 4.24. The van der Waals surface area contributed by atoms with Gasteiger partial charge in [-0.1, -0.05) is 68.8 Å². The number of carboxylic acid groups (broad SMARTS) is 1. The molecule has 1 aliphatic rings. The lowest BCUT2D eigenvalue weighted by Crippen LogP contribution is -2.41. The fourth-order valence-electron chi connectivity index (χ4n) is 5.84. The molecule has 47 heavy (non-hydrogen) atoms. The van der Waals surface area contributed by atoms with Gasteiger partial charge in [0.05, 0.1) is 12.0 Å². The number of aliphatic hydroxyl groups excluding tert-OH is 1. The molecule has 11 nitrogen and oxygen atoms in total. The minimum absolute atomic E-state index is 0.00274. The maximum absolute atomic E-state index is 13.5. The van der Waals surface area contributed by atoms with Gasteiger partial charge in [0.2, 0.25) is 5.91 Å². The number of sulfonamides is 1. The molecular formula is C35H41N3O8S. The van der Waals surface area contributed by atoms with Crippen molar-refractivity contribution in [2.75, 3.05) is 4.72 Å². The molecule has 2 atom stereocenters. The maximum atomic E-state index is 13.5. The zero-order valence-corrected chi connectivity index (χ0v) is 27.4. The number of hydrogen-bond acceptors (Lipinski definition) is 8. The number of nitrogens with one attached hydrogen (secondary N) is 2. The maximum Gasteiger partial charge on any atom is 0.338 e. The second-order valence-electron chi connectivity index (χ2n) is 11.7. The van der Waals surface area contributed by atoms with Crippen LogP contribution in [0.15, 0.2) is 89.3 Å². The summed E-state index contributed by atoms with van der Waals surface area (Å²) in [5.74, 6) is -2.60. The normalized spacial score (nSPS) is 17.1. The van der Waals surface area contributed by atoms with E-state index in [0.717, 1.165) is 12.0 Å². The highest BCUT2D eigenvalue weighted by atomic mass is 32.2. The number of hydrogen-bond donors (Lipinski definition) is 4. The molecule has 0 radical (unpaired) electrons. The molecule has 1 aliphatic heterocycles. The number of aryl methyl sites for hydroxylation is 1. The Balaban J connectivity index is 1.47. The molecule has 1 amide bonds. The average Bonchev–Trinajstić information content (AvgIpc) is 3.04. The van der Waals surface area contributed by atoms with Gasteiger partial charge in [-0.05, 0) is 60.6 Å². The predicted molar refractivity (Wildman–Crippen MR) is 176 cm³/mol. The van der Waals surface area contributed by atoms with Crippen molar-refractivity contribution in [1.29, 1.82) is 0 Å². The number of aromatic nitrogens is 1. The Hall–Kier alpha value is -4.71. The van der Waals surface area contributed by atoms with Gasteiger partial charge in [-0.3, -0.25) is 14.3 Å². The number of nitrogens with zero attached hydrogens (tertiary/aromatic N) is 1. The molecule has 1 aromatic heterocycles. The second-order valence-corrected chi connectivity index (χ2v) is 13.3. The van der Waals surface area contributed by atoms with Crippen molar-refractivity contribution in [3.8, 4) is 0 Å². The summed E-state index contributed by atoms with van der Waals surface area (Å²) in [6, 6.07) is 19.4. The van der Waals surface area contributed by atoms with E-state index in [4.69, 9.17) is 9.84 Å². The van der Waals surface area contributed by atoms with Gasteiger partial charge in [0.1, 0.15) is 11.4 Å². The highest BCUT2D eigenvalue weighted by Gasteiger charge is 2.43. The Labute approximate surface area is 275 Å². The Morgan fingerprint density at radius 1 is 1.00 bits per heavy atom. The number of amides is 1. The second kappa shape index (κ2) is 15.7. The van der Waals surface area contributed by atoms with Crippen molar-refractivity contribution in [3.05, 3.63) is 101 Å². The van der Waals surface area contributed by atoms with Crippen molar-refractivity contribution in [2.45, 2.75) is 88.3 Å². The van der Waals surface area contributed by atoms with Crippen LogP contribution in [0.1, 0.15) is 81.4 Å². The standard InChI is InChI=1S/C35H41N3O8S/c1-3-18-35(19-17-24-9-6-5-7-10-24)21-29(39)33(34(43)46-35)28(4-2)26-11-8-12-27(20-26)38-47(44,45)31-15-13-25(23-37-31)22-36-30(40)14-16-32(41)42/h5-13,15,20,23,28,38-39H,3-4,14,16-19,21-22H2,1-2H3,(H,36,40)(H,41,42)/t28-,35+/m0/s1. The number of pyridine rings is 1. The molecule has 12 heteroatoms. The topological polar surface area (TPSA) is 172 Å². The minimum atomic E-state index is -4.09. The van der Waals surface area contributed by atoms with Crippen LogP contribution < -0.4 is 10.0 Å². The zero-order valence-electron chi connectivity index (χ0n) is 26.6. The third-order valence-corrected chi connectivity index (χ3v) is 9.47. The van der Waals surface area contributed by atoms with Gasteiger partial charge in [0.15, 0.2) is 5.03 Å². The molecule has 0 saturated heterocycles. The highest BCUT2D eigenvalue weighted by Crippen LogP contribution is 2.42. The number of ether oxygens (including phenoxy) is 1. The molecule has 0 bridgehead atoms.